The summed E-state index contributed by atoms with van der Waals surface area (Å²) in [5.41, 5.74) is 2.38. The van der Waals surface area contributed by atoms with Gasteiger partial charge in [0.2, 0.25) is 0 Å². The first kappa shape index (κ1) is 13.8. The summed E-state index contributed by atoms with van der Waals surface area (Å²) in [7, 11) is 1.85. The summed E-state index contributed by atoms with van der Waals surface area (Å²) in [5, 5.41) is 3.06. The molecule has 0 aliphatic heterocycles. The van der Waals surface area contributed by atoms with Gasteiger partial charge in [0.05, 0.1) is 0 Å². The van der Waals surface area contributed by atoms with Crippen molar-refractivity contribution in [2.75, 3.05) is 23.8 Å². The van der Waals surface area contributed by atoms with Crippen molar-refractivity contribution >= 4 is 33.3 Å². The first-order chi connectivity index (χ1) is 9.19. The highest BCUT2D eigenvalue weighted by Gasteiger charge is 2.16. The Bertz CT molecular complexity index is 571. The topological polar surface area (TPSA) is 41.1 Å². The van der Waals surface area contributed by atoms with Crippen molar-refractivity contribution in [2.45, 2.75) is 13.8 Å². The number of hydrogen-bond donors (Lipinski definition) is 1. The van der Waals surface area contributed by atoms with Gasteiger partial charge in [0.1, 0.15) is 16.6 Å². The van der Waals surface area contributed by atoms with Gasteiger partial charge < -0.3 is 10.2 Å². The number of rotatable bonds is 4. The number of aromatic nitrogens is 2. The van der Waals surface area contributed by atoms with Crippen molar-refractivity contribution in [3.05, 3.63) is 40.6 Å². The van der Waals surface area contributed by atoms with Gasteiger partial charge >= 0.3 is 0 Å². The van der Waals surface area contributed by atoms with Gasteiger partial charge in [-0.1, -0.05) is 18.2 Å². The van der Waals surface area contributed by atoms with Crippen molar-refractivity contribution in [2.24, 2.45) is 0 Å². The molecule has 0 aliphatic rings. The Balaban J connectivity index is 2.52. The van der Waals surface area contributed by atoms with Crippen LogP contribution in [-0.4, -0.2) is 23.6 Å². The quantitative estimate of drug-likeness (QED) is 0.931. The third-order valence-electron chi connectivity index (χ3n) is 2.99. The van der Waals surface area contributed by atoms with E-state index in [9.17, 15) is 0 Å². The lowest BCUT2D eigenvalue weighted by atomic mass is 10.2. The molecule has 0 fully saturated rings. The maximum Gasteiger partial charge on any atom is 0.152 e. The molecule has 0 bridgehead atoms. The number of benzene rings is 1. The van der Waals surface area contributed by atoms with Crippen LogP contribution in [0.2, 0.25) is 0 Å². The van der Waals surface area contributed by atoms with E-state index < -0.39 is 0 Å². The lowest BCUT2D eigenvalue weighted by molar-refractivity contribution is 0.964. The minimum Gasteiger partial charge on any atom is -0.372 e. The molecule has 2 rings (SSSR count). The molecule has 0 radical (unpaired) electrons. The Hall–Kier alpha value is -1.62. The van der Waals surface area contributed by atoms with Crippen LogP contribution in [0.5, 0.6) is 0 Å². The van der Waals surface area contributed by atoms with Crippen LogP contribution in [-0.2, 0) is 0 Å². The fourth-order valence-electron chi connectivity index (χ4n) is 2.02. The number of nitrogens with one attached hydrogen (secondary N) is 1. The standard InChI is InChI=1S/C14H17BrN4/c1-4-19(11-8-6-5-7-10(11)2)14-12(15)13(16-3)17-9-18-14/h5-9H,4H2,1-3H3,(H,16,17,18). The number of aryl methyl sites for hydroxylation is 1. The summed E-state index contributed by atoms with van der Waals surface area (Å²) in [6.07, 6.45) is 1.58. The number of hydrogen-bond acceptors (Lipinski definition) is 4. The molecular weight excluding hydrogens is 304 g/mol. The highest BCUT2D eigenvalue weighted by molar-refractivity contribution is 9.10. The molecule has 4 nitrogen and oxygen atoms in total. The van der Waals surface area contributed by atoms with E-state index in [0.717, 1.165) is 28.3 Å². The Morgan fingerprint density at radius 2 is 2.00 bits per heavy atom. The van der Waals surface area contributed by atoms with Crippen LogP contribution in [0.15, 0.2) is 35.1 Å². The lowest BCUT2D eigenvalue weighted by Gasteiger charge is -2.25. The van der Waals surface area contributed by atoms with E-state index in [0.29, 0.717) is 0 Å². The van der Waals surface area contributed by atoms with Gasteiger partial charge in [0, 0.05) is 19.3 Å². The second-order valence-corrected chi connectivity index (χ2v) is 4.93. The van der Waals surface area contributed by atoms with Gasteiger partial charge in [-0.05, 0) is 41.4 Å². The highest BCUT2D eigenvalue weighted by atomic mass is 79.9. The Labute approximate surface area is 122 Å². The molecule has 1 heterocycles. The predicted molar refractivity (Wildman–Crippen MR) is 83.1 cm³/mol. The largest absolute Gasteiger partial charge is 0.372 e. The molecule has 5 heteroatoms. The molecule has 100 valence electrons. The van der Waals surface area contributed by atoms with Crippen molar-refractivity contribution in [3.63, 3.8) is 0 Å². The van der Waals surface area contributed by atoms with E-state index in [1.807, 2.05) is 19.2 Å². The van der Waals surface area contributed by atoms with Crippen LogP contribution in [0.1, 0.15) is 12.5 Å². The fraction of sp³-hybridized carbons (Fsp3) is 0.286. The molecule has 1 N–H and O–H groups in total. The Kier molecular flexibility index (Phi) is 4.37. The lowest BCUT2D eigenvalue weighted by Crippen LogP contribution is -2.19. The van der Waals surface area contributed by atoms with Crippen LogP contribution in [0.4, 0.5) is 17.3 Å². The molecular formula is C14H17BrN4. The van der Waals surface area contributed by atoms with Gasteiger partial charge in [0.25, 0.3) is 0 Å². The number of nitrogens with zero attached hydrogens (tertiary/aromatic N) is 3. The minimum absolute atomic E-state index is 0.789. The molecule has 0 saturated heterocycles. The zero-order valence-corrected chi connectivity index (χ0v) is 12.9. The SMILES string of the molecule is CCN(c1ccccc1C)c1ncnc(NC)c1Br. The molecule has 0 aliphatic carbocycles. The first-order valence-electron chi connectivity index (χ1n) is 6.20. The van der Waals surface area contributed by atoms with Gasteiger partial charge in [-0.15, -0.1) is 0 Å². The van der Waals surface area contributed by atoms with Gasteiger partial charge in [-0.3, -0.25) is 0 Å². The van der Waals surface area contributed by atoms with Crippen LogP contribution >= 0.6 is 15.9 Å². The van der Waals surface area contributed by atoms with E-state index in [1.54, 1.807) is 6.33 Å². The normalized spacial score (nSPS) is 10.3. The molecule has 1 aromatic carbocycles. The maximum absolute atomic E-state index is 4.40. The third-order valence-corrected chi connectivity index (χ3v) is 3.72. The van der Waals surface area contributed by atoms with Crippen LogP contribution in [0, 0.1) is 6.92 Å². The molecule has 0 spiro atoms. The van der Waals surface area contributed by atoms with Crippen molar-refractivity contribution in [1.29, 1.82) is 0 Å². The van der Waals surface area contributed by atoms with E-state index in [-0.39, 0.29) is 0 Å². The van der Waals surface area contributed by atoms with Crippen LogP contribution in [0.3, 0.4) is 0 Å². The smallest absolute Gasteiger partial charge is 0.152 e. The first-order valence-corrected chi connectivity index (χ1v) is 6.99. The summed E-state index contributed by atoms with van der Waals surface area (Å²) in [5.74, 6) is 1.66. The van der Waals surface area contributed by atoms with E-state index in [2.05, 4.69) is 62.1 Å². The molecule has 0 saturated carbocycles. The van der Waals surface area contributed by atoms with E-state index in [4.69, 9.17) is 0 Å². The molecule has 0 unspecified atom stereocenters. The van der Waals surface area contributed by atoms with E-state index in [1.165, 1.54) is 5.56 Å². The Morgan fingerprint density at radius 3 is 2.63 bits per heavy atom. The van der Waals surface area contributed by atoms with Crippen molar-refractivity contribution in [1.82, 2.24) is 9.97 Å². The van der Waals surface area contributed by atoms with E-state index >= 15 is 0 Å². The minimum atomic E-state index is 0.789. The highest BCUT2D eigenvalue weighted by Crippen LogP contribution is 2.34. The molecule has 0 atom stereocenters. The van der Waals surface area contributed by atoms with Crippen molar-refractivity contribution < 1.29 is 0 Å². The summed E-state index contributed by atoms with van der Waals surface area (Å²) in [4.78, 5) is 10.8. The fourth-order valence-corrected chi connectivity index (χ4v) is 2.64. The van der Waals surface area contributed by atoms with Crippen molar-refractivity contribution in [3.8, 4) is 0 Å². The second-order valence-electron chi connectivity index (χ2n) is 4.14. The summed E-state index contributed by atoms with van der Waals surface area (Å²) in [6.45, 7) is 5.05. The zero-order valence-electron chi connectivity index (χ0n) is 11.3. The van der Waals surface area contributed by atoms with Gasteiger partial charge in [0.15, 0.2) is 5.82 Å². The second kappa shape index (κ2) is 6.02. The van der Waals surface area contributed by atoms with Crippen LogP contribution in [0.25, 0.3) is 0 Å². The summed E-state index contributed by atoms with van der Waals surface area (Å²) >= 11 is 3.58. The van der Waals surface area contributed by atoms with Gasteiger partial charge in [-0.25, -0.2) is 9.97 Å². The molecule has 1 aromatic heterocycles. The third kappa shape index (κ3) is 2.71. The average Bonchev–Trinajstić information content (AvgIpc) is 2.43. The maximum atomic E-state index is 4.40. The van der Waals surface area contributed by atoms with Gasteiger partial charge in [-0.2, -0.15) is 0 Å². The zero-order chi connectivity index (χ0) is 13.8. The summed E-state index contributed by atoms with van der Waals surface area (Å²) < 4.78 is 0.877. The molecule has 19 heavy (non-hydrogen) atoms. The Morgan fingerprint density at radius 1 is 1.26 bits per heavy atom. The molecule has 2 aromatic rings. The number of halogens is 1. The number of anilines is 3. The van der Waals surface area contributed by atoms with Crippen LogP contribution < -0.4 is 10.2 Å². The summed E-state index contributed by atoms with van der Waals surface area (Å²) in [6, 6.07) is 8.29. The number of para-hydroxylation sites is 1. The molecule has 0 amide bonds. The predicted octanol–water partition coefficient (Wildman–Crippen LogP) is 3.75. The monoisotopic (exact) mass is 320 g/mol. The average molecular weight is 321 g/mol.